The molecule has 0 aliphatic rings. The number of halogens is 5. The first-order valence-electron chi connectivity index (χ1n) is 5.02. The molecule has 1 aromatic carbocycles. The number of anilines is 1. The van der Waals surface area contributed by atoms with E-state index in [2.05, 4.69) is 47.1 Å². The van der Waals surface area contributed by atoms with Gasteiger partial charge < -0.3 is 5.32 Å². The zero-order valence-corrected chi connectivity index (χ0v) is 12.6. The molecule has 0 fully saturated rings. The van der Waals surface area contributed by atoms with Crippen molar-refractivity contribution in [2.75, 3.05) is 5.32 Å². The molecule has 0 aliphatic carbocycles. The van der Waals surface area contributed by atoms with Crippen molar-refractivity contribution in [3.63, 3.8) is 0 Å². The van der Waals surface area contributed by atoms with Crippen molar-refractivity contribution in [3.8, 4) is 0 Å². The summed E-state index contributed by atoms with van der Waals surface area (Å²) in [5.41, 5.74) is -0.900. The molecule has 0 radical (unpaired) electrons. The highest BCUT2D eigenvalue weighted by Gasteiger charge is 2.20. The lowest BCUT2D eigenvalue weighted by Gasteiger charge is -2.07. The van der Waals surface area contributed by atoms with Crippen molar-refractivity contribution in [2.45, 2.75) is 0 Å². The summed E-state index contributed by atoms with van der Waals surface area (Å²) in [5, 5.41) is 2.17. The fourth-order valence-electron chi connectivity index (χ4n) is 1.36. The molecule has 1 aromatic heterocycles. The van der Waals surface area contributed by atoms with E-state index in [4.69, 9.17) is 0 Å². The fourth-order valence-corrected chi connectivity index (χ4v) is 2.27. The van der Waals surface area contributed by atoms with Crippen LogP contribution in [-0.2, 0) is 0 Å². The normalized spacial score (nSPS) is 10.4. The van der Waals surface area contributed by atoms with Crippen LogP contribution in [0.3, 0.4) is 0 Å². The summed E-state index contributed by atoms with van der Waals surface area (Å²) in [6, 6.07) is 0.834. The van der Waals surface area contributed by atoms with Gasteiger partial charge in [0.25, 0.3) is 5.91 Å². The first-order valence-corrected chi connectivity index (χ1v) is 6.61. The van der Waals surface area contributed by atoms with Gasteiger partial charge in [0.1, 0.15) is 32.2 Å². The number of benzene rings is 1. The minimum Gasteiger partial charge on any atom is -0.304 e. The number of nitrogens with one attached hydrogen (secondary N) is 1. The van der Waals surface area contributed by atoms with E-state index in [-0.39, 0.29) is 10.4 Å². The van der Waals surface area contributed by atoms with Gasteiger partial charge in [0.05, 0.1) is 6.20 Å². The Morgan fingerprint density at radius 2 is 1.75 bits per heavy atom. The van der Waals surface area contributed by atoms with Crippen molar-refractivity contribution in [1.82, 2.24) is 9.97 Å². The van der Waals surface area contributed by atoms with Gasteiger partial charge in [-0.3, -0.25) is 4.79 Å². The van der Waals surface area contributed by atoms with Gasteiger partial charge >= 0.3 is 0 Å². The van der Waals surface area contributed by atoms with Crippen LogP contribution < -0.4 is 5.32 Å². The second-order valence-electron chi connectivity index (χ2n) is 3.53. The van der Waals surface area contributed by atoms with Crippen molar-refractivity contribution >= 4 is 43.6 Å². The van der Waals surface area contributed by atoms with Gasteiger partial charge in [-0.2, -0.15) is 0 Å². The van der Waals surface area contributed by atoms with E-state index >= 15 is 0 Å². The molecule has 0 unspecified atom stereocenters. The molecule has 0 saturated carbocycles. The third-order valence-corrected chi connectivity index (χ3v) is 3.10. The van der Waals surface area contributed by atoms with Crippen molar-refractivity contribution in [1.29, 1.82) is 0 Å². The van der Waals surface area contributed by atoms with Crippen molar-refractivity contribution in [3.05, 3.63) is 50.6 Å². The van der Waals surface area contributed by atoms with E-state index in [0.29, 0.717) is 16.7 Å². The number of hydrogen-bond donors (Lipinski definition) is 1. The maximum atomic E-state index is 13.4. The minimum absolute atomic E-state index is 0.0266. The van der Waals surface area contributed by atoms with Crippen molar-refractivity contribution < 1.29 is 18.0 Å². The lowest BCUT2D eigenvalue weighted by atomic mass is 10.2. The van der Waals surface area contributed by atoms with E-state index < -0.39 is 28.9 Å². The van der Waals surface area contributed by atoms with Crippen LogP contribution in [0, 0.1) is 17.5 Å². The molecule has 0 spiro atoms. The predicted octanol–water partition coefficient (Wildman–Crippen LogP) is 3.67. The monoisotopic (exact) mass is 409 g/mol. The third kappa shape index (κ3) is 3.15. The highest BCUT2D eigenvalue weighted by atomic mass is 79.9. The van der Waals surface area contributed by atoms with Crippen LogP contribution in [0.5, 0.6) is 0 Å². The summed E-state index contributed by atoms with van der Waals surface area (Å²) in [5.74, 6) is -4.85. The summed E-state index contributed by atoms with van der Waals surface area (Å²) in [6.07, 6.45) is 1.29. The largest absolute Gasteiger partial charge is 0.304 e. The lowest BCUT2D eigenvalue weighted by Crippen LogP contribution is -2.17. The zero-order chi connectivity index (χ0) is 14.9. The molecule has 2 rings (SSSR count). The van der Waals surface area contributed by atoms with Crippen molar-refractivity contribution in [2.24, 2.45) is 0 Å². The standard InChI is InChI=1S/C11H4Br2F3N3O/c12-7-3-17-10(9(13)18-7)19-11(20)8-5(15)1-4(14)2-6(8)16/h1-3H,(H,17,19,20). The van der Waals surface area contributed by atoms with Gasteiger partial charge in [-0.25, -0.2) is 23.1 Å². The van der Waals surface area contributed by atoms with Gasteiger partial charge in [-0.15, -0.1) is 0 Å². The van der Waals surface area contributed by atoms with E-state index in [1.807, 2.05) is 0 Å². The molecule has 104 valence electrons. The van der Waals surface area contributed by atoms with Gasteiger partial charge in [0.2, 0.25) is 0 Å². The number of rotatable bonds is 2. The van der Waals surface area contributed by atoms with Crippen LogP contribution in [0.1, 0.15) is 10.4 Å². The highest BCUT2D eigenvalue weighted by molar-refractivity contribution is 9.11. The van der Waals surface area contributed by atoms with E-state index in [0.717, 1.165) is 0 Å². The van der Waals surface area contributed by atoms with Gasteiger partial charge in [0.15, 0.2) is 5.82 Å². The minimum atomic E-state index is -1.30. The average molecular weight is 411 g/mol. The highest BCUT2D eigenvalue weighted by Crippen LogP contribution is 2.21. The Hall–Kier alpha value is -1.48. The first-order chi connectivity index (χ1) is 9.38. The topological polar surface area (TPSA) is 54.9 Å². The third-order valence-electron chi connectivity index (χ3n) is 2.17. The molecule has 0 atom stereocenters. The lowest BCUT2D eigenvalue weighted by molar-refractivity contribution is 0.101. The fraction of sp³-hybridized carbons (Fsp3) is 0. The Labute approximate surface area is 127 Å². The summed E-state index contributed by atoms with van der Waals surface area (Å²) < 4.78 is 40.2. The molecular weight excluding hydrogens is 407 g/mol. The number of aromatic nitrogens is 2. The molecular formula is C11H4Br2F3N3O. The second kappa shape index (κ2) is 5.88. The Balaban J connectivity index is 2.33. The van der Waals surface area contributed by atoms with Crippen LogP contribution in [0.25, 0.3) is 0 Å². The van der Waals surface area contributed by atoms with E-state index in [1.165, 1.54) is 6.20 Å². The molecule has 0 saturated heterocycles. The Bertz CT molecular complexity index is 674. The van der Waals surface area contributed by atoms with Gasteiger partial charge in [-0.05, 0) is 31.9 Å². The van der Waals surface area contributed by atoms with Crippen LogP contribution in [0.4, 0.5) is 19.0 Å². The quantitative estimate of drug-likeness (QED) is 0.821. The molecule has 1 heterocycles. The van der Waals surface area contributed by atoms with E-state index in [9.17, 15) is 18.0 Å². The molecule has 2 aromatic rings. The molecule has 1 amide bonds. The number of hydrogen-bond acceptors (Lipinski definition) is 3. The summed E-state index contributed by atoms with van der Waals surface area (Å²) in [4.78, 5) is 19.5. The summed E-state index contributed by atoms with van der Waals surface area (Å²) in [6.45, 7) is 0. The number of amides is 1. The molecule has 0 bridgehead atoms. The maximum Gasteiger partial charge on any atom is 0.262 e. The second-order valence-corrected chi connectivity index (χ2v) is 5.09. The SMILES string of the molecule is O=C(Nc1ncc(Br)nc1Br)c1c(F)cc(F)cc1F. The average Bonchev–Trinajstić information content (AvgIpc) is 2.31. The summed E-state index contributed by atoms with van der Waals surface area (Å²) in [7, 11) is 0. The van der Waals surface area contributed by atoms with Crippen LogP contribution in [0.15, 0.2) is 27.5 Å². The molecule has 20 heavy (non-hydrogen) atoms. The molecule has 0 aliphatic heterocycles. The molecule has 4 nitrogen and oxygen atoms in total. The van der Waals surface area contributed by atoms with Crippen LogP contribution >= 0.6 is 31.9 Å². The molecule has 9 heteroatoms. The Morgan fingerprint density at radius 3 is 2.30 bits per heavy atom. The number of carbonyl (C=O) groups is 1. The van der Waals surface area contributed by atoms with Crippen LogP contribution in [0.2, 0.25) is 0 Å². The number of nitrogens with zero attached hydrogens (tertiary/aromatic N) is 2. The maximum absolute atomic E-state index is 13.4. The predicted molar refractivity (Wildman–Crippen MR) is 71.7 cm³/mol. The van der Waals surface area contributed by atoms with Gasteiger partial charge in [-0.1, -0.05) is 0 Å². The Kier molecular flexibility index (Phi) is 4.39. The summed E-state index contributed by atoms with van der Waals surface area (Å²) >= 11 is 6.09. The smallest absolute Gasteiger partial charge is 0.262 e. The Morgan fingerprint density at radius 1 is 1.15 bits per heavy atom. The number of carbonyl (C=O) groups excluding carboxylic acids is 1. The van der Waals surface area contributed by atoms with Gasteiger partial charge in [0, 0.05) is 12.1 Å². The zero-order valence-electron chi connectivity index (χ0n) is 9.42. The van der Waals surface area contributed by atoms with Crippen LogP contribution in [-0.4, -0.2) is 15.9 Å². The first kappa shape index (κ1) is 14.9. The molecule has 1 N–H and O–H groups in total. The van der Waals surface area contributed by atoms with E-state index in [1.54, 1.807) is 0 Å².